The summed E-state index contributed by atoms with van der Waals surface area (Å²) in [6.45, 7) is 5.91. The Hall–Kier alpha value is -1.92. The predicted molar refractivity (Wildman–Crippen MR) is 81.6 cm³/mol. The van der Waals surface area contributed by atoms with Gasteiger partial charge < -0.3 is 19.8 Å². The number of fused-ring (bicyclic) bond motifs is 2. The van der Waals surface area contributed by atoms with Gasteiger partial charge in [-0.2, -0.15) is 0 Å². The van der Waals surface area contributed by atoms with E-state index in [1.165, 1.54) is 0 Å². The molecule has 0 aliphatic carbocycles. The minimum absolute atomic E-state index is 0.00238. The van der Waals surface area contributed by atoms with Crippen LogP contribution in [0.5, 0.6) is 0 Å². The van der Waals surface area contributed by atoms with Gasteiger partial charge in [0.1, 0.15) is 5.76 Å². The van der Waals surface area contributed by atoms with Crippen LogP contribution in [0.2, 0.25) is 0 Å². The molecule has 116 valence electrons. The van der Waals surface area contributed by atoms with Crippen molar-refractivity contribution < 1.29 is 9.15 Å². The maximum atomic E-state index is 5.82. The molecule has 1 saturated heterocycles. The Morgan fingerprint density at radius 3 is 3.14 bits per heavy atom. The number of hydrogen-bond acceptors (Lipinski definition) is 6. The van der Waals surface area contributed by atoms with Crippen LogP contribution in [-0.4, -0.2) is 29.7 Å². The summed E-state index contributed by atoms with van der Waals surface area (Å²) in [5.41, 5.74) is 3.30. The molecule has 2 aromatic heterocycles. The highest BCUT2D eigenvalue weighted by Gasteiger charge is 2.42. The van der Waals surface area contributed by atoms with Gasteiger partial charge in [-0.05, 0) is 32.0 Å². The van der Waals surface area contributed by atoms with Crippen molar-refractivity contribution in [2.24, 2.45) is 0 Å². The van der Waals surface area contributed by atoms with E-state index in [4.69, 9.17) is 14.1 Å². The molecule has 0 bridgehead atoms. The van der Waals surface area contributed by atoms with Gasteiger partial charge in [-0.15, -0.1) is 0 Å². The monoisotopic (exact) mass is 300 g/mol. The van der Waals surface area contributed by atoms with Crippen LogP contribution in [0, 0.1) is 6.92 Å². The van der Waals surface area contributed by atoms with E-state index in [1.807, 2.05) is 19.1 Å². The second-order valence-electron chi connectivity index (χ2n) is 6.09. The Morgan fingerprint density at radius 1 is 1.41 bits per heavy atom. The van der Waals surface area contributed by atoms with Gasteiger partial charge in [0.2, 0.25) is 5.95 Å². The highest BCUT2D eigenvalue weighted by molar-refractivity contribution is 5.40. The van der Waals surface area contributed by atoms with E-state index in [9.17, 15) is 0 Å². The second-order valence-corrected chi connectivity index (χ2v) is 6.09. The van der Waals surface area contributed by atoms with E-state index in [0.29, 0.717) is 19.1 Å². The van der Waals surface area contributed by atoms with Crippen molar-refractivity contribution in [3.8, 4) is 0 Å². The smallest absolute Gasteiger partial charge is 0.223 e. The summed E-state index contributed by atoms with van der Waals surface area (Å²) in [5.74, 6) is 1.54. The average Bonchev–Trinajstić information content (AvgIpc) is 3.19. The third kappa shape index (κ3) is 2.28. The normalized spacial score (nSPS) is 23.7. The van der Waals surface area contributed by atoms with Gasteiger partial charge in [-0.25, -0.2) is 9.97 Å². The zero-order chi connectivity index (χ0) is 15.0. The van der Waals surface area contributed by atoms with Crippen LogP contribution in [0.25, 0.3) is 0 Å². The lowest BCUT2D eigenvalue weighted by atomic mass is 9.80. The number of nitrogens with zero attached hydrogens (tertiary/aromatic N) is 2. The van der Waals surface area contributed by atoms with Crippen LogP contribution in [0.1, 0.15) is 29.1 Å². The van der Waals surface area contributed by atoms with Crippen molar-refractivity contribution in [1.29, 1.82) is 0 Å². The Balaban J connectivity index is 1.65. The average molecular weight is 300 g/mol. The van der Waals surface area contributed by atoms with E-state index < -0.39 is 0 Å². The van der Waals surface area contributed by atoms with Crippen LogP contribution in [0.15, 0.2) is 22.8 Å². The van der Waals surface area contributed by atoms with E-state index in [-0.39, 0.29) is 5.41 Å². The molecule has 0 amide bonds. The highest BCUT2D eigenvalue weighted by atomic mass is 16.5. The van der Waals surface area contributed by atoms with Gasteiger partial charge in [-0.3, -0.25) is 0 Å². The topological polar surface area (TPSA) is 72.2 Å². The molecular formula is C16H20N4O2. The van der Waals surface area contributed by atoms with Crippen LogP contribution < -0.4 is 10.6 Å². The second kappa shape index (κ2) is 5.37. The van der Waals surface area contributed by atoms with Crippen molar-refractivity contribution in [1.82, 2.24) is 15.3 Å². The number of aromatic nitrogens is 2. The molecule has 4 heterocycles. The fraction of sp³-hybridized carbons (Fsp3) is 0.500. The molecular weight excluding hydrogens is 280 g/mol. The standard InChI is InChI=1S/C16H20N4O2/c1-11-13-8-21-10-16(4-5-17-9-16)14(13)20-15(19-11)18-7-12-3-2-6-22-12/h2-3,6,17H,4-5,7-10H2,1H3,(H,18,19,20)/t16-/m0/s1. The first-order chi connectivity index (χ1) is 10.8. The van der Waals surface area contributed by atoms with Crippen molar-refractivity contribution in [3.63, 3.8) is 0 Å². The molecule has 2 N–H and O–H groups in total. The first-order valence-electron chi connectivity index (χ1n) is 7.70. The lowest BCUT2D eigenvalue weighted by molar-refractivity contribution is 0.0546. The lowest BCUT2D eigenvalue weighted by Crippen LogP contribution is -2.40. The summed E-state index contributed by atoms with van der Waals surface area (Å²) in [4.78, 5) is 9.40. The minimum atomic E-state index is 0.00238. The third-order valence-corrected chi connectivity index (χ3v) is 4.59. The van der Waals surface area contributed by atoms with Gasteiger partial charge in [0.05, 0.1) is 37.1 Å². The largest absolute Gasteiger partial charge is 0.467 e. The number of ether oxygens (including phenoxy) is 1. The van der Waals surface area contributed by atoms with E-state index >= 15 is 0 Å². The molecule has 2 aromatic rings. The van der Waals surface area contributed by atoms with E-state index in [0.717, 1.165) is 48.8 Å². The van der Waals surface area contributed by atoms with Crippen molar-refractivity contribution >= 4 is 5.95 Å². The lowest BCUT2D eigenvalue weighted by Gasteiger charge is -2.34. The molecule has 4 rings (SSSR count). The number of nitrogens with one attached hydrogen (secondary N) is 2. The zero-order valence-corrected chi connectivity index (χ0v) is 12.7. The molecule has 1 atom stereocenters. The Morgan fingerprint density at radius 2 is 2.36 bits per heavy atom. The minimum Gasteiger partial charge on any atom is -0.467 e. The SMILES string of the molecule is Cc1nc(NCc2ccco2)nc2c1COC[C@@]21CCNC1. The molecule has 2 aliphatic rings. The summed E-state index contributed by atoms with van der Waals surface area (Å²) >= 11 is 0. The van der Waals surface area contributed by atoms with Crippen molar-refractivity contribution in [3.05, 3.63) is 41.1 Å². The molecule has 22 heavy (non-hydrogen) atoms. The van der Waals surface area contributed by atoms with Crippen molar-refractivity contribution in [2.75, 3.05) is 25.0 Å². The van der Waals surface area contributed by atoms with Gasteiger partial charge in [0.25, 0.3) is 0 Å². The molecule has 6 nitrogen and oxygen atoms in total. The Bertz CT molecular complexity index is 663. The number of hydrogen-bond donors (Lipinski definition) is 2. The zero-order valence-electron chi connectivity index (χ0n) is 12.7. The predicted octanol–water partition coefficient (Wildman–Crippen LogP) is 1.75. The Kier molecular flexibility index (Phi) is 3.35. The van der Waals surface area contributed by atoms with Crippen LogP contribution in [0.3, 0.4) is 0 Å². The number of aryl methyl sites for hydroxylation is 1. The first kappa shape index (κ1) is 13.7. The Labute approximate surface area is 129 Å². The summed E-state index contributed by atoms with van der Waals surface area (Å²) in [6, 6.07) is 3.82. The molecule has 0 radical (unpaired) electrons. The first-order valence-corrected chi connectivity index (χ1v) is 7.70. The maximum absolute atomic E-state index is 5.82. The van der Waals surface area contributed by atoms with Gasteiger partial charge in [-0.1, -0.05) is 0 Å². The number of anilines is 1. The van der Waals surface area contributed by atoms with Gasteiger partial charge >= 0.3 is 0 Å². The highest BCUT2D eigenvalue weighted by Crippen LogP contribution is 2.37. The fourth-order valence-corrected chi connectivity index (χ4v) is 3.35. The maximum Gasteiger partial charge on any atom is 0.223 e. The fourth-order valence-electron chi connectivity index (χ4n) is 3.35. The van der Waals surface area contributed by atoms with Gasteiger partial charge in [0.15, 0.2) is 0 Å². The molecule has 2 aliphatic heterocycles. The third-order valence-electron chi connectivity index (χ3n) is 4.59. The van der Waals surface area contributed by atoms with E-state index in [1.54, 1.807) is 6.26 Å². The quantitative estimate of drug-likeness (QED) is 0.900. The van der Waals surface area contributed by atoms with Crippen LogP contribution >= 0.6 is 0 Å². The van der Waals surface area contributed by atoms with Crippen molar-refractivity contribution in [2.45, 2.75) is 31.9 Å². The number of furan rings is 1. The van der Waals surface area contributed by atoms with Gasteiger partial charge in [0, 0.05) is 17.8 Å². The summed E-state index contributed by atoms with van der Waals surface area (Å²) in [7, 11) is 0. The summed E-state index contributed by atoms with van der Waals surface area (Å²) < 4.78 is 11.2. The molecule has 6 heteroatoms. The molecule has 1 fully saturated rings. The molecule has 1 spiro atoms. The molecule has 0 aromatic carbocycles. The van der Waals surface area contributed by atoms with E-state index in [2.05, 4.69) is 15.6 Å². The summed E-state index contributed by atoms with van der Waals surface area (Å²) in [5, 5.41) is 6.71. The van der Waals surface area contributed by atoms with Crippen LogP contribution in [0.4, 0.5) is 5.95 Å². The number of rotatable bonds is 3. The molecule has 0 unspecified atom stereocenters. The summed E-state index contributed by atoms with van der Waals surface area (Å²) in [6.07, 6.45) is 2.74. The molecule has 0 saturated carbocycles. The van der Waals surface area contributed by atoms with Crippen LogP contribution in [-0.2, 0) is 23.3 Å².